The van der Waals surface area contributed by atoms with E-state index in [-0.39, 0.29) is 5.91 Å². The molecule has 1 aromatic heterocycles. The van der Waals surface area contributed by atoms with E-state index in [1.54, 1.807) is 12.3 Å². The van der Waals surface area contributed by atoms with Crippen molar-refractivity contribution in [1.82, 2.24) is 10.3 Å². The standard InChI is InChI=1S/C14H21N3O2/c1-15-12-5-6-13(17-9-12)14(18)16-7-2-8-19-10-11-3-4-11/h5-6,9,11,15H,2-4,7-8,10H2,1H3,(H,16,18). The Labute approximate surface area is 113 Å². The van der Waals surface area contributed by atoms with Crippen molar-refractivity contribution in [2.45, 2.75) is 19.3 Å². The van der Waals surface area contributed by atoms with E-state index in [4.69, 9.17) is 4.74 Å². The van der Waals surface area contributed by atoms with Gasteiger partial charge in [-0.3, -0.25) is 4.79 Å². The molecule has 5 heteroatoms. The summed E-state index contributed by atoms with van der Waals surface area (Å²) in [5, 5.41) is 5.80. The van der Waals surface area contributed by atoms with Gasteiger partial charge in [0.2, 0.25) is 0 Å². The number of hydrogen-bond donors (Lipinski definition) is 2. The van der Waals surface area contributed by atoms with Gasteiger partial charge in [-0.2, -0.15) is 0 Å². The first kappa shape index (κ1) is 13.8. The molecule has 5 nitrogen and oxygen atoms in total. The fourth-order valence-corrected chi connectivity index (χ4v) is 1.68. The van der Waals surface area contributed by atoms with Crippen LogP contribution in [0, 0.1) is 5.92 Å². The largest absolute Gasteiger partial charge is 0.387 e. The third-order valence-corrected chi connectivity index (χ3v) is 3.09. The summed E-state index contributed by atoms with van der Waals surface area (Å²) >= 11 is 0. The fourth-order valence-electron chi connectivity index (χ4n) is 1.68. The Balaban J connectivity index is 1.59. The summed E-state index contributed by atoms with van der Waals surface area (Å²) < 4.78 is 5.50. The van der Waals surface area contributed by atoms with Gasteiger partial charge in [0, 0.05) is 26.8 Å². The van der Waals surface area contributed by atoms with Gasteiger partial charge in [0.15, 0.2) is 0 Å². The minimum absolute atomic E-state index is 0.134. The molecule has 0 bridgehead atoms. The molecular formula is C14H21N3O2. The number of ether oxygens (including phenoxy) is 1. The lowest BCUT2D eigenvalue weighted by atomic mass is 10.3. The van der Waals surface area contributed by atoms with E-state index in [9.17, 15) is 4.79 Å². The minimum Gasteiger partial charge on any atom is -0.387 e. The lowest BCUT2D eigenvalue weighted by Crippen LogP contribution is -2.26. The van der Waals surface area contributed by atoms with Crippen LogP contribution in [0.25, 0.3) is 0 Å². The predicted octanol–water partition coefficient (Wildman–Crippen LogP) is 1.67. The van der Waals surface area contributed by atoms with Crippen molar-refractivity contribution in [1.29, 1.82) is 0 Å². The van der Waals surface area contributed by atoms with Crippen LogP contribution in [-0.4, -0.2) is 37.7 Å². The Kier molecular flexibility index (Phi) is 5.15. The van der Waals surface area contributed by atoms with Crippen LogP contribution < -0.4 is 10.6 Å². The molecule has 1 amide bonds. The number of anilines is 1. The maximum absolute atomic E-state index is 11.8. The van der Waals surface area contributed by atoms with Crippen LogP contribution in [0.4, 0.5) is 5.69 Å². The Bertz CT molecular complexity index is 402. The number of nitrogens with zero attached hydrogens (tertiary/aromatic N) is 1. The van der Waals surface area contributed by atoms with Crippen molar-refractivity contribution in [2.75, 3.05) is 32.1 Å². The average Bonchev–Trinajstić information content (AvgIpc) is 3.26. The van der Waals surface area contributed by atoms with E-state index < -0.39 is 0 Å². The van der Waals surface area contributed by atoms with Crippen LogP contribution >= 0.6 is 0 Å². The smallest absolute Gasteiger partial charge is 0.269 e. The molecule has 1 heterocycles. The molecule has 0 radical (unpaired) electrons. The molecule has 104 valence electrons. The monoisotopic (exact) mass is 263 g/mol. The van der Waals surface area contributed by atoms with E-state index >= 15 is 0 Å². The summed E-state index contributed by atoms with van der Waals surface area (Å²) in [6.45, 7) is 2.21. The van der Waals surface area contributed by atoms with Gasteiger partial charge in [0.05, 0.1) is 11.9 Å². The van der Waals surface area contributed by atoms with E-state index in [1.807, 2.05) is 13.1 Å². The second kappa shape index (κ2) is 7.09. The second-order valence-electron chi connectivity index (χ2n) is 4.81. The number of carbonyl (C=O) groups excluding carboxylic acids is 1. The van der Waals surface area contributed by atoms with Crippen LogP contribution in [0.15, 0.2) is 18.3 Å². The van der Waals surface area contributed by atoms with Gasteiger partial charge in [-0.25, -0.2) is 4.98 Å². The maximum atomic E-state index is 11.8. The van der Waals surface area contributed by atoms with Gasteiger partial charge in [0.25, 0.3) is 5.91 Å². The summed E-state index contributed by atoms with van der Waals surface area (Å²) in [6, 6.07) is 3.55. The van der Waals surface area contributed by atoms with Gasteiger partial charge in [-0.1, -0.05) is 0 Å². The summed E-state index contributed by atoms with van der Waals surface area (Å²) in [4.78, 5) is 15.9. The van der Waals surface area contributed by atoms with E-state index in [2.05, 4.69) is 15.6 Å². The number of aromatic nitrogens is 1. The number of pyridine rings is 1. The number of carbonyl (C=O) groups is 1. The lowest BCUT2D eigenvalue weighted by molar-refractivity contribution is 0.0932. The molecule has 19 heavy (non-hydrogen) atoms. The maximum Gasteiger partial charge on any atom is 0.269 e. The van der Waals surface area contributed by atoms with E-state index in [1.165, 1.54) is 12.8 Å². The molecule has 1 aliphatic carbocycles. The molecule has 0 aliphatic heterocycles. The Morgan fingerprint density at radius 3 is 2.95 bits per heavy atom. The summed E-state index contributed by atoms with van der Waals surface area (Å²) in [6.07, 6.45) is 5.11. The van der Waals surface area contributed by atoms with Crippen LogP contribution in [-0.2, 0) is 4.74 Å². The molecule has 1 saturated carbocycles. The Hall–Kier alpha value is -1.62. The van der Waals surface area contributed by atoms with E-state index in [0.29, 0.717) is 18.8 Å². The molecule has 0 saturated heterocycles. The van der Waals surface area contributed by atoms with Gasteiger partial charge >= 0.3 is 0 Å². The van der Waals surface area contributed by atoms with Crippen LogP contribution in [0.5, 0.6) is 0 Å². The number of hydrogen-bond acceptors (Lipinski definition) is 4. The molecule has 2 rings (SSSR count). The first-order valence-electron chi connectivity index (χ1n) is 6.79. The highest BCUT2D eigenvalue weighted by Crippen LogP contribution is 2.28. The molecule has 0 unspecified atom stereocenters. The van der Waals surface area contributed by atoms with Gasteiger partial charge in [-0.15, -0.1) is 0 Å². The normalized spacial score (nSPS) is 14.2. The molecule has 0 atom stereocenters. The van der Waals surface area contributed by atoms with Crippen LogP contribution in [0.1, 0.15) is 29.8 Å². The first-order valence-corrected chi connectivity index (χ1v) is 6.79. The lowest BCUT2D eigenvalue weighted by Gasteiger charge is -2.06. The molecule has 0 aromatic carbocycles. The predicted molar refractivity (Wildman–Crippen MR) is 74.3 cm³/mol. The quantitative estimate of drug-likeness (QED) is 0.700. The van der Waals surface area contributed by atoms with Crippen molar-refractivity contribution < 1.29 is 9.53 Å². The van der Waals surface area contributed by atoms with Gasteiger partial charge in [-0.05, 0) is 37.3 Å². The minimum atomic E-state index is -0.134. The number of amides is 1. The topological polar surface area (TPSA) is 63.2 Å². The number of rotatable bonds is 8. The second-order valence-corrected chi connectivity index (χ2v) is 4.81. The summed E-state index contributed by atoms with van der Waals surface area (Å²) in [7, 11) is 1.82. The zero-order valence-corrected chi connectivity index (χ0v) is 11.3. The van der Waals surface area contributed by atoms with Crippen molar-refractivity contribution in [3.63, 3.8) is 0 Å². The zero-order valence-electron chi connectivity index (χ0n) is 11.3. The van der Waals surface area contributed by atoms with E-state index in [0.717, 1.165) is 24.6 Å². The molecule has 1 aliphatic rings. The SMILES string of the molecule is CNc1ccc(C(=O)NCCCOCC2CC2)nc1. The van der Waals surface area contributed by atoms with Crippen LogP contribution in [0.3, 0.4) is 0 Å². The molecular weight excluding hydrogens is 242 g/mol. The number of nitrogens with one attached hydrogen (secondary N) is 2. The fraction of sp³-hybridized carbons (Fsp3) is 0.571. The highest BCUT2D eigenvalue weighted by atomic mass is 16.5. The Morgan fingerprint density at radius 2 is 2.32 bits per heavy atom. The van der Waals surface area contributed by atoms with Crippen molar-refractivity contribution >= 4 is 11.6 Å². The average molecular weight is 263 g/mol. The van der Waals surface area contributed by atoms with Gasteiger partial charge in [0.1, 0.15) is 5.69 Å². The molecule has 0 spiro atoms. The zero-order chi connectivity index (χ0) is 13.5. The van der Waals surface area contributed by atoms with Crippen molar-refractivity contribution in [3.8, 4) is 0 Å². The molecule has 1 aromatic rings. The van der Waals surface area contributed by atoms with Gasteiger partial charge < -0.3 is 15.4 Å². The summed E-state index contributed by atoms with van der Waals surface area (Å²) in [5.74, 6) is 0.661. The van der Waals surface area contributed by atoms with Crippen LogP contribution in [0.2, 0.25) is 0 Å². The first-order chi connectivity index (χ1) is 9.29. The molecule has 1 fully saturated rings. The van der Waals surface area contributed by atoms with Crippen molar-refractivity contribution in [2.24, 2.45) is 5.92 Å². The molecule has 2 N–H and O–H groups in total. The van der Waals surface area contributed by atoms with Crippen molar-refractivity contribution in [3.05, 3.63) is 24.0 Å². The summed E-state index contributed by atoms with van der Waals surface area (Å²) in [5.41, 5.74) is 1.34. The Morgan fingerprint density at radius 1 is 1.47 bits per heavy atom. The highest BCUT2D eigenvalue weighted by molar-refractivity contribution is 5.92. The third-order valence-electron chi connectivity index (χ3n) is 3.09. The third kappa shape index (κ3) is 4.87. The highest BCUT2D eigenvalue weighted by Gasteiger charge is 2.20.